The molecule has 2 aromatic heterocycles. The highest BCUT2D eigenvalue weighted by Gasteiger charge is 1.97. The number of nitrogens with zero attached hydrogens (tertiary/aromatic N) is 3. The summed E-state index contributed by atoms with van der Waals surface area (Å²) >= 11 is 0. The molecule has 2 aromatic rings. The van der Waals surface area contributed by atoms with Gasteiger partial charge in [0, 0.05) is 31.3 Å². The third-order valence-corrected chi connectivity index (χ3v) is 2.04. The van der Waals surface area contributed by atoms with E-state index in [1.807, 2.05) is 19.3 Å². The Labute approximate surface area is 82.6 Å². The number of anilines is 1. The van der Waals surface area contributed by atoms with Crippen LogP contribution in [0.25, 0.3) is 0 Å². The molecule has 0 radical (unpaired) electrons. The quantitative estimate of drug-likeness (QED) is 0.792. The zero-order valence-corrected chi connectivity index (χ0v) is 8.01. The van der Waals surface area contributed by atoms with Crippen molar-refractivity contribution < 1.29 is 0 Å². The molecular formula is C10H12N4. The maximum absolute atomic E-state index is 4.08. The van der Waals surface area contributed by atoms with Crippen molar-refractivity contribution in [3.8, 4) is 0 Å². The molecule has 0 aromatic carbocycles. The highest BCUT2D eigenvalue weighted by Crippen LogP contribution is 2.02. The molecule has 0 aliphatic carbocycles. The lowest BCUT2D eigenvalue weighted by Crippen LogP contribution is -2.06. The van der Waals surface area contributed by atoms with Gasteiger partial charge in [0.1, 0.15) is 0 Å². The van der Waals surface area contributed by atoms with Crippen molar-refractivity contribution in [2.24, 2.45) is 7.05 Å². The monoisotopic (exact) mass is 188 g/mol. The normalized spacial score (nSPS) is 10.1. The molecule has 0 amide bonds. The SMILES string of the molecule is Cn1cccc1CNc1ncccn1. The second kappa shape index (κ2) is 3.91. The fourth-order valence-electron chi connectivity index (χ4n) is 1.24. The van der Waals surface area contributed by atoms with Gasteiger partial charge in [-0.3, -0.25) is 0 Å². The average Bonchev–Trinajstić information content (AvgIpc) is 2.63. The van der Waals surface area contributed by atoms with Crippen molar-refractivity contribution in [1.82, 2.24) is 14.5 Å². The van der Waals surface area contributed by atoms with Crippen LogP contribution in [0.5, 0.6) is 0 Å². The second-order valence-corrected chi connectivity index (χ2v) is 3.04. The molecule has 0 aliphatic heterocycles. The van der Waals surface area contributed by atoms with E-state index in [2.05, 4.69) is 25.9 Å². The third kappa shape index (κ3) is 1.90. The van der Waals surface area contributed by atoms with E-state index >= 15 is 0 Å². The van der Waals surface area contributed by atoms with Crippen LogP contribution < -0.4 is 5.32 Å². The molecule has 4 heteroatoms. The number of rotatable bonds is 3. The number of hydrogen-bond donors (Lipinski definition) is 1. The molecule has 0 atom stereocenters. The maximum atomic E-state index is 4.08. The molecule has 0 spiro atoms. The Balaban J connectivity index is 1.99. The molecule has 0 saturated carbocycles. The van der Waals surface area contributed by atoms with Crippen LogP contribution in [0, 0.1) is 0 Å². The Hall–Kier alpha value is -1.84. The molecule has 0 fully saturated rings. The fourth-order valence-corrected chi connectivity index (χ4v) is 1.24. The number of aryl methyl sites for hydroxylation is 1. The van der Waals surface area contributed by atoms with E-state index in [9.17, 15) is 0 Å². The predicted molar refractivity (Wildman–Crippen MR) is 54.8 cm³/mol. The summed E-state index contributed by atoms with van der Waals surface area (Å²) in [4.78, 5) is 8.15. The van der Waals surface area contributed by atoms with Crippen LogP contribution in [0.3, 0.4) is 0 Å². The van der Waals surface area contributed by atoms with Crippen molar-refractivity contribution in [1.29, 1.82) is 0 Å². The highest BCUT2D eigenvalue weighted by atomic mass is 15.1. The molecule has 0 bridgehead atoms. The molecule has 2 rings (SSSR count). The standard InChI is InChI=1S/C10H12N4/c1-14-7-2-4-9(14)8-13-10-11-5-3-6-12-10/h2-7H,8H2,1H3,(H,11,12,13). The van der Waals surface area contributed by atoms with Crippen molar-refractivity contribution in [3.05, 3.63) is 42.5 Å². The molecular weight excluding hydrogens is 176 g/mol. The Kier molecular flexibility index (Phi) is 2.44. The van der Waals surface area contributed by atoms with E-state index in [-0.39, 0.29) is 0 Å². The minimum atomic E-state index is 0.661. The molecule has 0 saturated heterocycles. The average molecular weight is 188 g/mol. The number of nitrogens with one attached hydrogen (secondary N) is 1. The third-order valence-electron chi connectivity index (χ3n) is 2.04. The summed E-state index contributed by atoms with van der Waals surface area (Å²) in [6.45, 7) is 0.744. The van der Waals surface area contributed by atoms with E-state index < -0.39 is 0 Å². The van der Waals surface area contributed by atoms with Crippen LogP contribution in [0.15, 0.2) is 36.8 Å². The minimum Gasteiger partial charge on any atom is -0.353 e. The zero-order chi connectivity index (χ0) is 9.80. The lowest BCUT2D eigenvalue weighted by atomic mass is 10.4. The molecule has 14 heavy (non-hydrogen) atoms. The van der Waals surface area contributed by atoms with Gasteiger partial charge in [-0.2, -0.15) is 0 Å². The van der Waals surface area contributed by atoms with Gasteiger partial charge in [-0.05, 0) is 18.2 Å². The Morgan fingerprint density at radius 3 is 2.71 bits per heavy atom. The van der Waals surface area contributed by atoms with E-state index in [1.54, 1.807) is 18.5 Å². The predicted octanol–water partition coefficient (Wildman–Crippen LogP) is 1.43. The van der Waals surface area contributed by atoms with E-state index in [4.69, 9.17) is 0 Å². The molecule has 72 valence electrons. The smallest absolute Gasteiger partial charge is 0.222 e. The first-order valence-corrected chi connectivity index (χ1v) is 4.47. The summed E-state index contributed by atoms with van der Waals surface area (Å²) in [5.74, 6) is 0.661. The molecule has 0 unspecified atom stereocenters. The fraction of sp³-hybridized carbons (Fsp3) is 0.200. The van der Waals surface area contributed by atoms with Gasteiger partial charge in [0.15, 0.2) is 0 Å². The minimum absolute atomic E-state index is 0.661. The highest BCUT2D eigenvalue weighted by molar-refractivity contribution is 5.24. The second-order valence-electron chi connectivity index (χ2n) is 3.04. The van der Waals surface area contributed by atoms with Crippen LogP contribution in [0.2, 0.25) is 0 Å². The van der Waals surface area contributed by atoms with Gasteiger partial charge in [-0.15, -0.1) is 0 Å². The first kappa shape index (κ1) is 8.74. The lowest BCUT2D eigenvalue weighted by Gasteiger charge is -2.04. The summed E-state index contributed by atoms with van der Waals surface area (Å²) in [6, 6.07) is 5.88. The number of hydrogen-bond acceptors (Lipinski definition) is 3. The van der Waals surface area contributed by atoms with Gasteiger partial charge in [0.25, 0.3) is 0 Å². The van der Waals surface area contributed by atoms with Gasteiger partial charge in [0.05, 0.1) is 6.54 Å². The summed E-state index contributed by atoms with van der Waals surface area (Å²) in [5.41, 5.74) is 1.21. The summed E-state index contributed by atoms with van der Waals surface area (Å²) in [7, 11) is 2.02. The first-order chi connectivity index (χ1) is 6.86. The van der Waals surface area contributed by atoms with Crippen LogP contribution in [-0.2, 0) is 13.6 Å². The van der Waals surface area contributed by atoms with Crippen molar-refractivity contribution >= 4 is 5.95 Å². The zero-order valence-electron chi connectivity index (χ0n) is 8.01. The van der Waals surface area contributed by atoms with Gasteiger partial charge in [0.2, 0.25) is 5.95 Å². The molecule has 0 aliphatic rings. The van der Waals surface area contributed by atoms with Gasteiger partial charge in [-0.1, -0.05) is 0 Å². The lowest BCUT2D eigenvalue weighted by molar-refractivity contribution is 0.837. The Bertz CT molecular complexity index is 394. The van der Waals surface area contributed by atoms with Crippen molar-refractivity contribution in [3.63, 3.8) is 0 Å². The Morgan fingerprint density at radius 1 is 1.29 bits per heavy atom. The van der Waals surface area contributed by atoms with E-state index in [0.29, 0.717) is 5.95 Å². The number of aromatic nitrogens is 3. The van der Waals surface area contributed by atoms with E-state index in [0.717, 1.165) is 6.54 Å². The Morgan fingerprint density at radius 2 is 2.07 bits per heavy atom. The van der Waals surface area contributed by atoms with Gasteiger partial charge < -0.3 is 9.88 Å². The van der Waals surface area contributed by atoms with Crippen LogP contribution in [0.4, 0.5) is 5.95 Å². The van der Waals surface area contributed by atoms with Crippen LogP contribution in [0.1, 0.15) is 5.69 Å². The van der Waals surface area contributed by atoms with Gasteiger partial charge in [-0.25, -0.2) is 9.97 Å². The summed E-state index contributed by atoms with van der Waals surface area (Å²) < 4.78 is 2.07. The molecule has 1 N–H and O–H groups in total. The van der Waals surface area contributed by atoms with Crippen LogP contribution >= 0.6 is 0 Å². The first-order valence-electron chi connectivity index (χ1n) is 4.47. The summed E-state index contributed by atoms with van der Waals surface area (Å²) in [5, 5.41) is 3.14. The molecule has 4 nitrogen and oxygen atoms in total. The van der Waals surface area contributed by atoms with Crippen LogP contribution in [-0.4, -0.2) is 14.5 Å². The maximum Gasteiger partial charge on any atom is 0.222 e. The largest absolute Gasteiger partial charge is 0.353 e. The van der Waals surface area contributed by atoms with Crippen molar-refractivity contribution in [2.45, 2.75) is 6.54 Å². The topological polar surface area (TPSA) is 42.7 Å². The van der Waals surface area contributed by atoms with Crippen molar-refractivity contribution in [2.75, 3.05) is 5.32 Å². The van der Waals surface area contributed by atoms with Gasteiger partial charge >= 0.3 is 0 Å². The summed E-state index contributed by atoms with van der Waals surface area (Å²) in [6.07, 6.45) is 5.46. The molecule has 2 heterocycles. The van der Waals surface area contributed by atoms with E-state index in [1.165, 1.54) is 5.69 Å².